The maximum absolute atomic E-state index is 11.8. The van der Waals surface area contributed by atoms with Gasteiger partial charge in [0.2, 0.25) is 0 Å². The Balaban J connectivity index is 1.91. The molecule has 2 rings (SSSR count). The fourth-order valence-electron chi connectivity index (χ4n) is 2.09. The second-order valence-electron chi connectivity index (χ2n) is 6.29. The molecular formula is C16H21N3O3. The van der Waals surface area contributed by atoms with Gasteiger partial charge in [-0.2, -0.15) is 0 Å². The number of nitrogens with one attached hydrogen (secondary N) is 1. The van der Waals surface area contributed by atoms with Crippen molar-refractivity contribution in [1.29, 1.82) is 0 Å². The molecule has 0 fully saturated rings. The molecule has 0 unspecified atom stereocenters. The standard InChI is InChI=1S/C16H21N3O3/c1-11-6-5-7-19-9-12(17-15(11)19)8-14(21)22-10-13(20)18-16(2,3)4/h5-7,9H,8,10H2,1-4H3,(H,18,20). The molecular weight excluding hydrogens is 282 g/mol. The lowest BCUT2D eigenvalue weighted by Gasteiger charge is -2.20. The van der Waals surface area contributed by atoms with E-state index in [9.17, 15) is 9.59 Å². The number of pyridine rings is 1. The molecule has 0 saturated heterocycles. The van der Waals surface area contributed by atoms with Gasteiger partial charge < -0.3 is 14.5 Å². The van der Waals surface area contributed by atoms with E-state index in [2.05, 4.69) is 10.3 Å². The lowest BCUT2D eigenvalue weighted by atomic mass is 10.1. The number of carbonyl (C=O) groups excluding carboxylic acids is 2. The zero-order valence-electron chi connectivity index (χ0n) is 13.3. The normalized spacial score (nSPS) is 11.5. The highest BCUT2D eigenvalue weighted by molar-refractivity contribution is 5.81. The molecule has 2 aromatic heterocycles. The summed E-state index contributed by atoms with van der Waals surface area (Å²) in [5.41, 5.74) is 2.13. The van der Waals surface area contributed by atoms with Crippen LogP contribution in [0.25, 0.3) is 5.65 Å². The molecule has 118 valence electrons. The van der Waals surface area contributed by atoms with E-state index in [1.165, 1.54) is 0 Å². The first kappa shape index (κ1) is 16.0. The van der Waals surface area contributed by atoms with Crippen molar-refractivity contribution in [3.8, 4) is 0 Å². The Morgan fingerprint density at radius 3 is 2.73 bits per heavy atom. The Hall–Kier alpha value is -2.37. The number of esters is 1. The second-order valence-corrected chi connectivity index (χ2v) is 6.29. The summed E-state index contributed by atoms with van der Waals surface area (Å²) in [5.74, 6) is -0.781. The molecule has 2 heterocycles. The number of rotatable bonds is 4. The number of ether oxygens (including phenoxy) is 1. The van der Waals surface area contributed by atoms with Crippen molar-refractivity contribution in [3.05, 3.63) is 35.8 Å². The van der Waals surface area contributed by atoms with Gasteiger partial charge in [-0.05, 0) is 39.3 Å². The van der Waals surface area contributed by atoms with E-state index in [0.717, 1.165) is 11.2 Å². The van der Waals surface area contributed by atoms with Crippen LogP contribution in [0.5, 0.6) is 0 Å². The van der Waals surface area contributed by atoms with Gasteiger partial charge in [0.1, 0.15) is 5.65 Å². The molecule has 0 saturated carbocycles. The number of carbonyl (C=O) groups is 2. The van der Waals surface area contributed by atoms with Gasteiger partial charge in [0.15, 0.2) is 6.61 Å². The zero-order chi connectivity index (χ0) is 16.3. The monoisotopic (exact) mass is 303 g/mol. The minimum absolute atomic E-state index is 0.0456. The lowest BCUT2D eigenvalue weighted by molar-refractivity contribution is -0.148. The highest BCUT2D eigenvalue weighted by atomic mass is 16.5. The quantitative estimate of drug-likeness (QED) is 0.872. The summed E-state index contributed by atoms with van der Waals surface area (Å²) >= 11 is 0. The SMILES string of the molecule is Cc1cccn2cc(CC(=O)OCC(=O)NC(C)(C)C)nc12. The summed E-state index contributed by atoms with van der Waals surface area (Å²) < 4.78 is 6.84. The van der Waals surface area contributed by atoms with Crippen LogP contribution in [0, 0.1) is 6.92 Å². The molecule has 2 aromatic rings. The van der Waals surface area contributed by atoms with Crippen LogP contribution < -0.4 is 5.32 Å². The Labute approximate surface area is 129 Å². The Bertz CT molecular complexity index is 698. The van der Waals surface area contributed by atoms with Gasteiger partial charge in [0.25, 0.3) is 5.91 Å². The van der Waals surface area contributed by atoms with Gasteiger partial charge in [-0.1, -0.05) is 6.07 Å². The van der Waals surface area contributed by atoms with E-state index in [-0.39, 0.29) is 24.5 Å². The Morgan fingerprint density at radius 1 is 1.36 bits per heavy atom. The largest absolute Gasteiger partial charge is 0.455 e. The van der Waals surface area contributed by atoms with Crippen molar-refractivity contribution >= 4 is 17.5 Å². The van der Waals surface area contributed by atoms with Crippen molar-refractivity contribution in [2.24, 2.45) is 0 Å². The number of imidazole rings is 1. The van der Waals surface area contributed by atoms with Crippen LogP contribution in [-0.4, -0.2) is 33.4 Å². The third kappa shape index (κ3) is 4.31. The summed E-state index contributed by atoms with van der Waals surface area (Å²) in [7, 11) is 0. The highest BCUT2D eigenvalue weighted by Gasteiger charge is 2.16. The van der Waals surface area contributed by atoms with Crippen molar-refractivity contribution in [3.63, 3.8) is 0 Å². The highest BCUT2D eigenvalue weighted by Crippen LogP contribution is 2.10. The zero-order valence-corrected chi connectivity index (χ0v) is 13.3. The molecule has 1 amide bonds. The van der Waals surface area contributed by atoms with Gasteiger partial charge in [-0.3, -0.25) is 9.59 Å². The third-order valence-corrected chi connectivity index (χ3v) is 2.93. The minimum atomic E-state index is -0.467. The minimum Gasteiger partial charge on any atom is -0.455 e. The Morgan fingerprint density at radius 2 is 2.09 bits per heavy atom. The molecule has 0 atom stereocenters. The summed E-state index contributed by atoms with van der Waals surface area (Å²) in [4.78, 5) is 27.8. The second kappa shape index (κ2) is 6.17. The third-order valence-electron chi connectivity index (χ3n) is 2.93. The lowest BCUT2D eigenvalue weighted by Crippen LogP contribution is -2.42. The van der Waals surface area contributed by atoms with Crippen LogP contribution in [0.3, 0.4) is 0 Å². The predicted octanol–water partition coefficient (Wildman–Crippen LogP) is 1.64. The van der Waals surface area contributed by atoms with E-state index in [0.29, 0.717) is 5.69 Å². The number of nitrogens with zero attached hydrogens (tertiary/aromatic N) is 2. The molecule has 0 aliphatic rings. The molecule has 6 heteroatoms. The molecule has 22 heavy (non-hydrogen) atoms. The molecule has 0 spiro atoms. The van der Waals surface area contributed by atoms with Crippen molar-refractivity contribution in [2.75, 3.05) is 6.61 Å². The first-order valence-corrected chi connectivity index (χ1v) is 7.14. The van der Waals surface area contributed by atoms with Crippen LogP contribution in [-0.2, 0) is 20.7 Å². The van der Waals surface area contributed by atoms with Crippen molar-refractivity contribution in [2.45, 2.75) is 39.7 Å². The van der Waals surface area contributed by atoms with Gasteiger partial charge >= 0.3 is 5.97 Å². The summed E-state index contributed by atoms with van der Waals surface area (Å²) in [5, 5.41) is 2.73. The van der Waals surface area contributed by atoms with E-state index in [4.69, 9.17) is 4.74 Å². The summed E-state index contributed by atoms with van der Waals surface area (Å²) in [6.45, 7) is 7.28. The van der Waals surface area contributed by atoms with Gasteiger partial charge in [0, 0.05) is 17.9 Å². The van der Waals surface area contributed by atoms with Gasteiger partial charge in [0.05, 0.1) is 12.1 Å². The van der Waals surface area contributed by atoms with Crippen molar-refractivity contribution in [1.82, 2.24) is 14.7 Å². The smallest absolute Gasteiger partial charge is 0.312 e. The maximum atomic E-state index is 11.8. The van der Waals surface area contributed by atoms with E-state index >= 15 is 0 Å². The summed E-state index contributed by atoms with van der Waals surface area (Å²) in [6, 6.07) is 3.88. The van der Waals surface area contributed by atoms with Crippen molar-refractivity contribution < 1.29 is 14.3 Å². The van der Waals surface area contributed by atoms with E-state index in [1.54, 1.807) is 6.20 Å². The molecule has 0 aliphatic carbocycles. The first-order valence-electron chi connectivity index (χ1n) is 7.14. The van der Waals surface area contributed by atoms with Crippen LogP contribution in [0.2, 0.25) is 0 Å². The fourth-order valence-corrected chi connectivity index (χ4v) is 2.09. The van der Waals surface area contributed by atoms with Crippen LogP contribution in [0.15, 0.2) is 24.5 Å². The molecule has 0 aromatic carbocycles. The number of hydrogen-bond donors (Lipinski definition) is 1. The molecule has 0 radical (unpaired) electrons. The molecule has 0 aliphatic heterocycles. The molecule has 0 bridgehead atoms. The average Bonchev–Trinajstić information content (AvgIpc) is 2.78. The van der Waals surface area contributed by atoms with E-state index < -0.39 is 5.97 Å². The van der Waals surface area contributed by atoms with Gasteiger partial charge in [-0.25, -0.2) is 4.98 Å². The molecule has 1 N–H and O–H groups in total. The fraction of sp³-hybridized carbons (Fsp3) is 0.438. The number of aryl methyl sites for hydroxylation is 1. The predicted molar refractivity (Wildman–Crippen MR) is 82.5 cm³/mol. The number of aromatic nitrogens is 2. The first-order chi connectivity index (χ1) is 10.2. The van der Waals surface area contributed by atoms with Crippen LogP contribution >= 0.6 is 0 Å². The average molecular weight is 303 g/mol. The van der Waals surface area contributed by atoms with E-state index in [1.807, 2.05) is 50.4 Å². The number of amides is 1. The maximum Gasteiger partial charge on any atom is 0.312 e. The number of hydrogen-bond acceptors (Lipinski definition) is 4. The summed E-state index contributed by atoms with van der Waals surface area (Å²) in [6.07, 6.45) is 3.71. The van der Waals surface area contributed by atoms with Gasteiger partial charge in [-0.15, -0.1) is 0 Å². The number of fused-ring (bicyclic) bond motifs is 1. The van der Waals surface area contributed by atoms with Crippen LogP contribution in [0.1, 0.15) is 32.0 Å². The topological polar surface area (TPSA) is 72.7 Å². The van der Waals surface area contributed by atoms with Crippen LogP contribution in [0.4, 0.5) is 0 Å². The Kier molecular flexibility index (Phi) is 4.49. The molecule has 6 nitrogen and oxygen atoms in total.